The molecule has 4 N–H and O–H groups in total. The van der Waals surface area contributed by atoms with E-state index in [-0.39, 0.29) is 25.5 Å². The Morgan fingerprint density at radius 1 is 1.00 bits per heavy atom. The summed E-state index contributed by atoms with van der Waals surface area (Å²) in [7, 11) is 0. The summed E-state index contributed by atoms with van der Waals surface area (Å²) in [6, 6.07) is 13.6. The van der Waals surface area contributed by atoms with E-state index in [0.29, 0.717) is 0 Å². The van der Waals surface area contributed by atoms with Crippen LogP contribution in [-0.2, 0) is 14.3 Å². The lowest BCUT2D eigenvalue weighted by Crippen LogP contribution is -2.44. The number of aliphatic hydroxyl groups excluding tert-OH is 1. The van der Waals surface area contributed by atoms with Gasteiger partial charge in [-0.15, -0.1) is 0 Å². The predicted octanol–water partition coefficient (Wildman–Crippen LogP) is 2.50. The molecule has 0 heterocycles. The third kappa shape index (κ3) is 6.04. The Morgan fingerprint density at radius 3 is 2.12 bits per heavy atom. The highest BCUT2D eigenvalue weighted by atomic mass is 19.3. The minimum Gasteiger partial charge on any atom is -0.479 e. The summed E-state index contributed by atoms with van der Waals surface area (Å²) in [4.78, 5) is 34.6. The molecule has 1 aliphatic rings. The number of carboxylic acids is 1. The Kier molecular flexibility index (Phi) is 7.94. The molecule has 1 aliphatic carbocycles. The lowest BCUT2D eigenvalue weighted by molar-refractivity contribution is -0.147. The average Bonchev–Trinajstić information content (AvgIpc) is 3.10. The summed E-state index contributed by atoms with van der Waals surface area (Å²) in [5.74, 6) is -2.51. The number of carbonyl (C=O) groups is 3. The summed E-state index contributed by atoms with van der Waals surface area (Å²) in [5, 5.41) is 22.0. The lowest BCUT2D eigenvalue weighted by atomic mass is 9.98. The molecule has 176 valence electrons. The Hall–Kier alpha value is -3.53. The molecule has 2 amide bonds. The second-order valence-electron chi connectivity index (χ2n) is 7.61. The van der Waals surface area contributed by atoms with Crippen molar-refractivity contribution in [3.63, 3.8) is 0 Å². The number of aliphatic carboxylic acids is 1. The SMILES string of the molecule is O=C(CC(NC(=O)OCC1c2ccccc2-c2ccccc21)C(F)F)NCCC(O)C(=O)O. The topological polar surface area (TPSA) is 125 Å². The van der Waals surface area contributed by atoms with Gasteiger partial charge in [0, 0.05) is 18.9 Å². The molecule has 3 rings (SSSR count). The highest BCUT2D eigenvalue weighted by Crippen LogP contribution is 2.44. The molecule has 0 spiro atoms. The number of benzene rings is 2. The first-order valence-corrected chi connectivity index (χ1v) is 10.3. The minimum atomic E-state index is -3.03. The third-order valence-electron chi connectivity index (χ3n) is 5.38. The van der Waals surface area contributed by atoms with Gasteiger partial charge in [-0.2, -0.15) is 0 Å². The third-order valence-corrected chi connectivity index (χ3v) is 5.38. The molecular weight excluding hydrogens is 438 g/mol. The Balaban J connectivity index is 1.53. The number of alkyl halides is 2. The van der Waals surface area contributed by atoms with Crippen molar-refractivity contribution in [3.05, 3.63) is 59.7 Å². The average molecular weight is 462 g/mol. The van der Waals surface area contributed by atoms with E-state index in [1.165, 1.54) is 0 Å². The van der Waals surface area contributed by atoms with Gasteiger partial charge in [0.05, 0.1) is 6.42 Å². The number of hydrogen-bond acceptors (Lipinski definition) is 5. The van der Waals surface area contributed by atoms with Crippen LogP contribution in [0.15, 0.2) is 48.5 Å². The fourth-order valence-electron chi connectivity index (χ4n) is 3.74. The molecule has 0 saturated carbocycles. The van der Waals surface area contributed by atoms with Crippen molar-refractivity contribution in [3.8, 4) is 11.1 Å². The van der Waals surface area contributed by atoms with Gasteiger partial charge < -0.3 is 25.6 Å². The first kappa shape index (κ1) is 24.1. The van der Waals surface area contributed by atoms with E-state index < -0.39 is 43.0 Å². The maximum atomic E-state index is 13.3. The quantitative estimate of drug-likeness (QED) is 0.430. The lowest BCUT2D eigenvalue weighted by Gasteiger charge is -2.19. The van der Waals surface area contributed by atoms with Gasteiger partial charge in [0.15, 0.2) is 6.10 Å². The van der Waals surface area contributed by atoms with Gasteiger partial charge in [-0.05, 0) is 22.3 Å². The fourth-order valence-corrected chi connectivity index (χ4v) is 3.74. The summed E-state index contributed by atoms with van der Waals surface area (Å²) >= 11 is 0. The van der Waals surface area contributed by atoms with Crippen LogP contribution in [0.1, 0.15) is 29.9 Å². The predicted molar refractivity (Wildman–Crippen MR) is 114 cm³/mol. The summed E-state index contributed by atoms with van der Waals surface area (Å²) < 4.78 is 31.9. The van der Waals surface area contributed by atoms with E-state index in [9.17, 15) is 23.2 Å². The highest BCUT2D eigenvalue weighted by Gasteiger charge is 2.30. The van der Waals surface area contributed by atoms with Crippen LogP contribution in [-0.4, -0.2) is 59.9 Å². The van der Waals surface area contributed by atoms with E-state index in [1.54, 1.807) is 0 Å². The maximum Gasteiger partial charge on any atom is 0.407 e. The van der Waals surface area contributed by atoms with Crippen LogP contribution in [0.2, 0.25) is 0 Å². The number of amides is 2. The molecule has 2 unspecified atom stereocenters. The first-order valence-electron chi connectivity index (χ1n) is 10.3. The zero-order chi connectivity index (χ0) is 24.0. The second-order valence-corrected chi connectivity index (χ2v) is 7.61. The number of fused-ring (bicyclic) bond motifs is 3. The Labute approximate surface area is 188 Å². The molecule has 0 aliphatic heterocycles. The number of carboxylic acid groups (broad SMARTS) is 1. The normalized spacial score (nSPS) is 14.2. The number of hydrogen-bond donors (Lipinski definition) is 4. The van der Waals surface area contributed by atoms with Crippen molar-refractivity contribution in [2.75, 3.05) is 13.2 Å². The molecule has 33 heavy (non-hydrogen) atoms. The van der Waals surface area contributed by atoms with Gasteiger partial charge in [0.2, 0.25) is 5.91 Å². The van der Waals surface area contributed by atoms with Crippen molar-refractivity contribution >= 4 is 18.0 Å². The summed E-state index contributed by atoms with van der Waals surface area (Å²) in [5.41, 5.74) is 3.99. The number of rotatable bonds is 10. The number of aliphatic hydroxyl groups is 1. The maximum absolute atomic E-state index is 13.3. The number of ether oxygens (including phenoxy) is 1. The number of alkyl carbamates (subject to hydrolysis) is 1. The Bertz CT molecular complexity index is 970. The van der Waals surface area contributed by atoms with E-state index in [4.69, 9.17) is 14.9 Å². The van der Waals surface area contributed by atoms with Gasteiger partial charge in [-0.3, -0.25) is 4.79 Å². The number of nitrogens with one attached hydrogen (secondary N) is 2. The van der Waals surface area contributed by atoms with Gasteiger partial charge in [0.1, 0.15) is 12.6 Å². The van der Waals surface area contributed by atoms with E-state index in [0.717, 1.165) is 22.3 Å². The van der Waals surface area contributed by atoms with Crippen molar-refractivity contribution < 1.29 is 38.1 Å². The van der Waals surface area contributed by atoms with Crippen LogP contribution in [0, 0.1) is 0 Å². The van der Waals surface area contributed by atoms with Crippen molar-refractivity contribution in [1.82, 2.24) is 10.6 Å². The number of halogens is 2. The van der Waals surface area contributed by atoms with Gasteiger partial charge in [-0.1, -0.05) is 48.5 Å². The van der Waals surface area contributed by atoms with Crippen LogP contribution in [0.3, 0.4) is 0 Å². The van der Waals surface area contributed by atoms with Gasteiger partial charge in [0.25, 0.3) is 6.43 Å². The molecule has 0 fully saturated rings. The fraction of sp³-hybridized carbons (Fsp3) is 0.348. The smallest absolute Gasteiger partial charge is 0.407 e. The van der Waals surface area contributed by atoms with E-state index >= 15 is 0 Å². The minimum absolute atomic E-state index is 0.0604. The van der Waals surface area contributed by atoms with E-state index in [1.807, 2.05) is 53.8 Å². The zero-order valence-electron chi connectivity index (χ0n) is 17.5. The molecule has 0 saturated heterocycles. The van der Waals surface area contributed by atoms with E-state index in [2.05, 4.69) is 5.32 Å². The van der Waals surface area contributed by atoms with Crippen LogP contribution in [0.4, 0.5) is 13.6 Å². The van der Waals surface area contributed by atoms with Crippen LogP contribution >= 0.6 is 0 Å². The van der Waals surface area contributed by atoms with Crippen molar-refractivity contribution in [1.29, 1.82) is 0 Å². The Morgan fingerprint density at radius 2 is 1.58 bits per heavy atom. The molecule has 10 heteroatoms. The van der Waals surface area contributed by atoms with Gasteiger partial charge in [-0.25, -0.2) is 18.4 Å². The molecule has 0 aromatic heterocycles. The summed E-state index contributed by atoms with van der Waals surface area (Å²) in [6.45, 7) is -0.276. The number of carbonyl (C=O) groups excluding carboxylic acids is 2. The standard InChI is InChI=1S/C23H24F2N2O6/c24-21(25)18(11-20(29)26-10-9-19(28)22(30)31)27-23(32)33-12-17-15-7-3-1-5-13(15)14-6-2-4-8-16(14)17/h1-8,17-19,21,28H,9-12H2,(H,26,29)(H,27,32)(H,30,31). The molecule has 2 aromatic carbocycles. The van der Waals surface area contributed by atoms with Gasteiger partial charge >= 0.3 is 12.1 Å². The molecular formula is C23H24F2N2O6. The highest BCUT2D eigenvalue weighted by molar-refractivity contribution is 5.79. The first-order chi connectivity index (χ1) is 15.8. The van der Waals surface area contributed by atoms with Crippen LogP contribution < -0.4 is 10.6 Å². The van der Waals surface area contributed by atoms with Crippen molar-refractivity contribution in [2.24, 2.45) is 0 Å². The van der Waals surface area contributed by atoms with Crippen LogP contribution in [0.25, 0.3) is 11.1 Å². The molecule has 0 bridgehead atoms. The molecule has 0 radical (unpaired) electrons. The van der Waals surface area contributed by atoms with Crippen LogP contribution in [0.5, 0.6) is 0 Å². The monoisotopic (exact) mass is 462 g/mol. The molecule has 2 aromatic rings. The second kappa shape index (κ2) is 10.9. The zero-order valence-corrected chi connectivity index (χ0v) is 17.5. The summed E-state index contributed by atoms with van der Waals surface area (Å²) in [6.07, 6.45) is -6.78. The molecule has 2 atom stereocenters. The molecule has 8 nitrogen and oxygen atoms in total. The van der Waals surface area contributed by atoms with Crippen molar-refractivity contribution in [2.45, 2.75) is 37.3 Å². The largest absolute Gasteiger partial charge is 0.479 e.